The molecule has 3 nitrogen and oxygen atoms in total. The lowest BCUT2D eigenvalue weighted by Gasteiger charge is -2.18. The van der Waals surface area contributed by atoms with Gasteiger partial charge in [0.1, 0.15) is 12.4 Å². The molecule has 16 heavy (non-hydrogen) atoms. The van der Waals surface area contributed by atoms with Crippen LogP contribution in [0, 0.1) is 0 Å². The van der Waals surface area contributed by atoms with Crippen LogP contribution < -0.4 is 4.74 Å². The van der Waals surface area contributed by atoms with E-state index < -0.39 is 5.60 Å². The zero-order valence-corrected chi connectivity index (χ0v) is 9.73. The third-order valence-corrected chi connectivity index (χ3v) is 2.75. The third-order valence-electron chi connectivity index (χ3n) is 2.75. The first kappa shape index (κ1) is 11.4. The van der Waals surface area contributed by atoms with Crippen LogP contribution >= 0.6 is 0 Å². The molecule has 88 valence electrons. The van der Waals surface area contributed by atoms with Gasteiger partial charge in [-0.15, -0.1) is 0 Å². The van der Waals surface area contributed by atoms with Gasteiger partial charge in [0, 0.05) is 0 Å². The molecule has 1 aromatic carbocycles. The number of benzene rings is 1. The Morgan fingerprint density at radius 1 is 1.44 bits per heavy atom. The summed E-state index contributed by atoms with van der Waals surface area (Å²) in [5.74, 6) is 0.759. The summed E-state index contributed by atoms with van der Waals surface area (Å²) >= 11 is 0. The highest BCUT2D eigenvalue weighted by Gasteiger charge is 2.21. The van der Waals surface area contributed by atoms with Gasteiger partial charge < -0.3 is 14.9 Å². The van der Waals surface area contributed by atoms with E-state index in [2.05, 4.69) is 0 Å². The van der Waals surface area contributed by atoms with Gasteiger partial charge in [0.15, 0.2) is 0 Å². The van der Waals surface area contributed by atoms with Crippen LogP contribution in [-0.2, 0) is 6.42 Å². The average Bonchev–Trinajstić information content (AvgIpc) is 2.56. The van der Waals surface area contributed by atoms with Crippen molar-refractivity contribution >= 4 is 0 Å². The molecule has 0 unspecified atom stereocenters. The summed E-state index contributed by atoms with van der Waals surface area (Å²) in [6, 6.07) is 5.71. The summed E-state index contributed by atoms with van der Waals surface area (Å²) in [6.45, 7) is 3.70. The Labute approximate surface area is 95.7 Å². The van der Waals surface area contributed by atoms with Crippen LogP contribution in [0.15, 0.2) is 18.2 Å². The lowest BCUT2D eigenvalue weighted by atomic mass is 10.1. The Morgan fingerprint density at radius 3 is 2.88 bits per heavy atom. The van der Waals surface area contributed by atoms with Gasteiger partial charge in [-0.1, -0.05) is 6.07 Å². The first-order chi connectivity index (χ1) is 7.46. The predicted octanol–water partition coefficient (Wildman–Crippen LogP) is 1.82. The number of hydrogen-bond acceptors (Lipinski definition) is 3. The van der Waals surface area contributed by atoms with E-state index in [1.54, 1.807) is 13.8 Å². The molecule has 1 aromatic rings. The van der Waals surface area contributed by atoms with Crippen LogP contribution in [0.3, 0.4) is 0 Å². The Balaban J connectivity index is 2.08. The summed E-state index contributed by atoms with van der Waals surface area (Å²) in [6.07, 6.45) is 1.37. The van der Waals surface area contributed by atoms with Gasteiger partial charge in [-0.05, 0) is 49.9 Å². The lowest BCUT2D eigenvalue weighted by Crippen LogP contribution is -2.27. The first-order valence-corrected chi connectivity index (χ1v) is 5.62. The summed E-state index contributed by atoms with van der Waals surface area (Å²) in [4.78, 5) is 0. The van der Waals surface area contributed by atoms with E-state index in [0.29, 0.717) is 0 Å². The van der Waals surface area contributed by atoms with E-state index in [1.165, 1.54) is 0 Å². The van der Waals surface area contributed by atoms with Gasteiger partial charge in [-0.3, -0.25) is 0 Å². The number of ether oxygens (including phenoxy) is 1. The summed E-state index contributed by atoms with van der Waals surface area (Å²) in [5.41, 5.74) is 1.34. The maximum absolute atomic E-state index is 9.65. The summed E-state index contributed by atoms with van der Waals surface area (Å²) in [7, 11) is 0. The Morgan fingerprint density at radius 2 is 2.19 bits per heavy atom. The van der Waals surface area contributed by atoms with E-state index in [1.807, 2.05) is 18.2 Å². The molecule has 3 heteroatoms. The molecule has 0 heterocycles. The zero-order chi connectivity index (χ0) is 11.8. The maximum atomic E-state index is 9.65. The molecule has 0 saturated heterocycles. The van der Waals surface area contributed by atoms with Crippen molar-refractivity contribution in [3.05, 3.63) is 29.3 Å². The van der Waals surface area contributed by atoms with Gasteiger partial charge in [0.05, 0.1) is 11.7 Å². The number of aliphatic hydroxyl groups excluding tert-OH is 1. The minimum atomic E-state index is -0.821. The van der Waals surface area contributed by atoms with Gasteiger partial charge in [-0.2, -0.15) is 0 Å². The number of rotatable bonds is 3. The molecule has 0 fully saturated rings. The Kier molecular flexibility index (Phi) is 2.91. The van der Waals surface area contributed by atoms with Crippen molar-refractivity contribution in [2.45, 2.75) is 38.4 Å². The minimum absolute atomic E-state index is 0.272. The zero-order valence-electron chi connectivity index (χ0n) is 9.73. The molecule has 0 aromatic heterocycles. The molecule has 0 spiro atoms. The maximum Gasteiger partial charge on any atom is 0.119 e. The van der Waals surface area contributed by atoms with Crippen molar-refractivity contribution in [3.63, 3.8) is 0 Å². The highest BCUT2D eigenvalue weighted by molar-refractivity contribution is 5.39. The smallest absolute Gasteiger partial charge is 0.119 e. The molecular formula is C13H18O3. The highest BCUT2D eigenvalue weighted by Crippen LogP contribution is 2.33. The second-order valence-corrected chi connectivity index (χ2v) is 5.02. The van der Waals surface area contributed by atoms with Crippen molar-refractivity contribution in [2.24, 2.45) is 0 Å². The first-order valence-electron chi connectivity index (χ1n) is 5.62. The predicted molar refractivity (Wildman–Crippen MR) is 61.5 cm³/mol. The quantitative estimate of drug-likeness (QED) is 0.820. The normalized spacial score (nSPS) is 19.6. The van der Waals surface area contributed by atoms with Gasteiger partial charge in [0.25, 0.3) is 0 Å². The molecule has 0 amide bonds. The van der Waals surface area contributed by atoms with Crippen LogP contribution in [0.4, 0.5) is 0 Å². The molecule has 0 bridgehead atoms. The fraction of sp³-hybridized carbons (Fsp3) is 0.538. The van der Waals surface area contributed by atoms with Crippen molar-refractivity contribution in [1.82, 2.24) is 0 Å². The second-order valence-electron chi connectivity index (χ2n) is 5.02. The van der Waals surface area contributed by atoms with E-state index in [-0.39, 0.29) is 12.7 Å². The van der Waals surface area contributed by atoms with Gasteiger partial charge in [0.2, 0.25) is 0 Å². The highest BCUT2D eigenvalue weighted by atomic mass is 16.5. The average molecular weight is 222 g/mol. The van der Waals surface area contributed by atoms with E-state index in [0.717, 1.165) is 29.7 Å². The van der Waals surface area contributed by atoms with E-state index in [4.69, 9.17) is 4.74 Å². The third kappa shape index (κ3) is 2.54. The molecule has 2 rings (SSSR count). The summed E-state index contributed by atoms with van der Waals surface area (Å²) in [5, 5.41) is 19.2. The molecule has 0 radical (unpaired) electrons. The molecule has 1 aliphatic rings. The molecule has 1 atom stereocenters. The van der Waals surface area contributed by atoms with E-state index in [9.17, 15) is 10.2 Å². The lowest BCUT2D eigenvalue weighted by molar-refractivity contribution is 0.0284. The minimum Gasteiger partial charge on any atom is -0.491 e. The SMILES string of the molecule is CC(C)(O)COc1ccc2c(c1)CC[C@H]2O. The molecule has 0 saturated carbocycles. The Bertz CT molecular complexity index is 379. The number of fused-ring (bicyclic) bond motifs is 1. The summed E-state index contributed by atoms with van der Waals surface area (Å²) < 4.78 is 5.50. The molecule has 1 aliphatic carbocycles. The monoisotopic (exact) mass is 222 g/mol. The van der Waals surface area contributed by atoms with Crippen LogP contribution in [-0.4, -0.2) is 22.4 Å². The van der Waals surface area contributed by atoms with Crippen LogP contribution in [0.5, 0.6) is 5.75 Å². The molecule has 2 N–H and O–H groups in total. The van der Waals surface area contributed by atoms with Gasteiger partial charge >= 0.3 is 0 Å². The van der Waals surface area contributed by atoms with Gasteiger partial charge in [-0.25, -0.2) is 0 Å². The largest absolute Gasteiger partial charge is 0.491 e. The fourth-order valence-corrected chi connectivity index (χ4v) is 1.92. The van der Waals surface area contributed by atoms with Crippen molar-refractivity contribution in [3.8, 4) is 5.75 Å². The van der Waals surface area contributed by atoms with Crippen molar-refractivity contribution in [2.75, 3.05) is 6.61 Å². The van der Waals surface area contributed by atoms with Crippen molar-refractivity contribution < 1.29 is 14.9 Å². The van der Waals surface area contributed by atoms with E-state index >= 15 is 0 Å². The Hall–Kier alpha value is -1.06. The standard InChI is InChI=1S/C13H18O3/c1-13(2,15)8-16-10-4-5-11-9(7-10)3-6-12(11)14/h4-5,7,12,14-15H,3,6,8H2,1-2H3/t12-/m1/s1. The molecule has 0 aliphatic heterocycles. The number of hydrogen-bond donors (Lipinski definition) is 2. The van der Waals surface area contributed by atoms with Crippen molar-refractivity contribution in [1.29, 1.82) is 0 Å². The van der Waals surface area contributed by atoms with Crippen LogP contribution in [0.1, 0.15) is 37.5 Å². The fourth-order valence-electron chi connectivity index (χ4n) is 1.92. The number of aliphatic hydroxyl groups is 2. The van der Waals surface area contributed by atoms with Crippen LogP contribution in [0.25, 0.3) is 0 Å². The topological polar surface area (TPSA) is 49.7 Å². The second kappa shape index (κ2) is 4.07. The van der Waals surface area contributed by atoms with Crippen LogP contribution in [0.2, 0.25) is 0 Å². The number of aryl methyl sites for hydroxylation is 1. The molecular weight excluding hydrogens is 204 g/mol.